The quantitative estimate of drug-likeness (QED) is 0.869. The van der Waals surface area contributed by atoms with Crippen molar-refractivity contribution >= 4 is 23.8 Å². The number of hydrogen-bond acceptors (Lipinski definition) is 4. The number of nitrogens with zero attached hydrogens (tertiary/aromatic N) is 3. The molecule has 1 aromatic heterocycles. The molecule has 7 heteroatoms. The van der Waals surface area contributed by atoms with Gasteiger partial charge in [0.05, 0.1) is 11.9 Å². The number of carbonyl (C=O) groups excluding carboxylic acids is 2. The molecule has 0 saturated carbocycles. The smallest absolute Gasteiger partial charge is 0.255 e. The molecule has 0 aliphatic carbocycles. The predicted molar refractivity (Wildman–Crippen MR) is 88.4 cm³/mol. The van der Waals surface area contributed by atoms with Crippen molar-refractivity contribution in [1.29, 1.82) is 0 Å². The third-order valence-corrected chi connectivity index (χ3v) is 3.90. The molecule has 1 N–H and O–H groups in total. The summed E-state index contributed by atoms with van der Waals surface area (Å²) < 4.78 is 12.9. The van der Waals surface area contributed by atoms with Crippen LogP contribution in [0.2, 0.25) is 0 Å². The molecule has 0 atom stereocenters. The van der Waals surface area contributed by atoms with Crippen molar-refractivity contribution in [1.82, 2.24) is 9.88 Å². The fourth-order valence-electron chi connectivity index (χ4n) is 2.51. The van der Waals surface area contributed by atoms with Crippen molar-refractivity contribution in [3.8, 4) is 0 Å². The molecule has 124 valence electrons. The Morgan fingerprint density at radius 3 is 2.38 bits per heavy atom. The summed E-state index contributed by atoms with van der Waals surface area (Å²) in [5, 5.41) is 2.73. The first-order valence-corrected chi connectivity index (χ1v) is 7.63. The SMILES string of the molecule is O=CN1CCN(c2ccc(NC(=O)c3ccc(F)cc3)cn2)CC1. The number of piperazine rings is 1. The lowest BCUT2D eigenvalue weighted by atomic mass is 10.2. The van der Waals surface area contributed by atoms with Gasteiger partial charge in [0.15, 0.2) is 0 Å². The van der Waals surface area contributed by atoms with E-state index in [1.807, 2.05) is 6.07 Å². The zero-order chi connectivity index (χ0) is 16.9. The highest BCUT2D eigenvalue weighted by Gasteiger charge is 2.16. The number of carbonyl (C=O) groups is 2. The third-order valence-electron chi connectivity index (χ3n) is 3.90. The molecule has 1 saturated heterocycles. The summed E-state index contributed by atoms with van der Waals surface area (Å²) in [5.41, 5.74) is 0.949. The second-order valence-corrected chi connectivity index (χ2v) is 5.49. The van der Waals surface area contributed by atoms with E-state index in [2.05, 4.69) is 15.2 Å². The van der Waals surface area contributed by atoms with Crippen LogP contribution in [-0.2, 0) is 4.79 Å². The molecule has 3 rings (SSSR count). The summed E-state index contributed by atoms with van der Waals surface area (Å²) in [6.45, 7) is 2.81. The minimum atomic E-state index is -0.382. The van der Waals surface area contributed by atoms with E-state index >= 15 is 0 Å². The van der Waals surface area contributed by atoms with Gasteiger partial charge in [-0.1, -0.05) is 0 Å². The summed E-state index contributed by atoms with van der Waals surface area (Å²) in [6.07, 6.45) is 2.45. The molecule has 0 bridgehead atoms. The van der Waals surface area contributed by atoms with Crippen LogP contribution in [0.5, 0.6) is 0 Å². The second-order valence-electron chi connectivity index (χ2n) is 5.49. The van der Waals surface area contributed by atoms with Crippen molar-refractivity contribution in [3.63, 3.8) is 0 Å². The molecule has 2 heterocycles. The van der Waals surface area contributed by atoms with Crippen LogP contribution < -0.4 is 10.2 Å². The molecule has 24 heavy (non-hydrogen) atoms. The van der Waals surface area contributed by atoms with Gasteiger partial charge in [0.2, 0.25) is 6.41 Å². The number of halogens is 1. The Kier molecular flexibility index (Phi) is 4.69. The third kappa shape index (κ3) is 3.68. The van der Waals surface area contributed by atoms with Crippen molar-refractivity contribution in [2.24, 2.45) is 0 Å². The lowest BCUT2D eigenvalue weighted by molar-refractivity contribution is -0.118. The summed E-state index contributed by atoms with van der Waals surface area (Å²) in [7, 11) is 0. The lowest BCUT2D eigenvalue weighted by Gasteiger charge is -2.33. The largest absolute Gasteiger partial charge is 0.353 e. The number of anilines is 2. The monoisotopic (exact) mass is 328 g/mol. The Labute approximate surface area is 138 Å². The van der Waals surface area contributed by atoms with Gasteiger partial charge in [-0.05, 0) is 36.4 Å². The number of rotatable bonds is 4. The summed E-state index contributed by atoms with van der Waals surface area (Å²) in [6, 6.07) is 8.95. The molecular formula is C17H17FN4O2. The average Bonchev–Trinajstić information content (AvgIpc) is 2.63. The Bertz CT molecular complexity index is 710. The van der Waals surface area contributed by atoms with Gasteiger partial charge in [0.25, 0.3) is 5.91 Å². The molecule has 1 aliphatic rings. The number of pyridine rings is 1. The number of benzene rings is 1. The number of hydrogen-bond donors (Lipinski definition) is 1. The van der Waals surface area contributed by atoms with E-state index in [4.69, 9.17) is 0 Å². The minimum Gasteiger partial charge on any atom is -0.353 e. The van der Waals surface area contributed by atoms with Gasteiger partial charge in [-0.3, -0.25) is 9.59 Å². The minimum absolute atomic E-state index is 0.316. The van der Waals surface area contributed by atoms with Crippen LogP contribution in [0.4, 0.5) is 15.9 Å². The van der Waals surface area contributed by atoms with Crippen molar-refractivity contribution in [3.05, 3.63) is 54.0 Å². The van der Waals surface area contributed by atoms with Crippen molar-refractivity contribution in [2.45, 2.75) is 0 Å². The molecule has 1 aliphatic heterocycles. The van der Waals surface area contributed by atoms with Crippen LogP contribution in [0, 0.1) is 5.82 Å². The average molecular weight is 328 g/mol. The molecule has 0 spiro atoms. The van der Waals surface area contributed by atoms with Crippen molar-refractivity contribution in [2.75, 3.05) is 36.4 Å². The van der Waals surface area contributed by atoms with E-state index in [0.29, 0.717) is 24.3 Å². The maximum atomic E-state index is 12.9. The standard InChI is InChI=1S/C17H17FN4O2/c18-14-3-1-13(2-4-14)17(24)20-15-5-6-16(19-11-15)22-9-7-21(12-23)8-10-22/h1-6,11-12H,7-10H2,(H,20,24). The predicted octanol–water partition coefficient (Wildman–Crippen LogP) is 1.75. The van der Waals surface area contributed by atoms with Gasteiger partial charge in [0, 0.05) is 31.7 Å². The molecule has 0 radical (unpaired) electrons. The first-order chi connectivity index (χ1) is 11.7. The van der Waals surface area contributed by atoms with Gasteiger partial charge in [-0.2, -0.15) is 0 Å². The van der Waals surface area contributed by atoms with E-state index in [1.165, 1.54) is 24.3 Å². The van der Waals surface area contributed by atoms with Crippen LogP contribution in [0.1, 0.15) is 10.4 Å². The molecule has 0 unspecified atom stereocenters. The molecule has 6 nitrogen and oxygen atoms in total. The number of amides is 2. The first kappa shape index (κ1) is 15.9. The van der Waals surface area contributed by atoms with Crippen LogP contribution in [-0.4, -0.2) is 48.4 Å². The van der Waals surface area contributed by atoms with E-state index in [1.54, 1.807) is 17.2 Å². The zero-order valence-electron chi connectivity index (χ0n) is 13.0. The van der Waals surface area contributed by atoms with E-state index < -0.39 is 0 Å². The molecular weight excluding hydrogens is 311 g/mol. The van der Waals surface area contributed by atoms with Crippen LogP contribution in [0.25, 0.3) is 0 Å². The Morgan fingerprint density at radius 2 is 1.79 bits per heavy atom. The Balaban J connectivity index is 1.61. The highest BCUT2D eigenvalue weighted by atomic mass is 19.1. The lowest BCUT2D eigenvalue weighted by Crippen LogP contribution is -2.46. The van der Waals surface area contributed by atoms with Crippen LogP contribution >= 0.6 is 0 Å². The van der Waals surface area contributed by atoms with Crippen molar-refractivity contribution < 1.29 is 14.0 Å². The summed E-state index contributed by atoms with van der Waals surface area (Å²) in [4.78, 5) is 31.0. The fraction of sp³-hybridized carbons (Fsp3) is 0.235. The summed E-state index contributed by atoms with van der Waals surface area (Å²) in [5.74, 6) is 0.108. The number of aromatic nitrogens is 1. The van der Waals surface area contributed by atoms with E-state index in [9.17, 15) is 14.0 Å². The zero-order valence-corrected chi connectivity index (χ0v) is 13.0. The van der Waals surface area contributed by atoms with Gasteiger partial charge in [-0.15, -0.1) is 0 Å². The van der Waals surface area contributed by atoms with Gasteiger partial charge in [-0.25, -0.2) is 9.37 Å². The van der Waals surface area contributed by atoms with Gasteiger partial charge >= 0.3 is 0 Å². The molecule has 2 aromatic rings. The topological polar surface area (TPSA) is 65.5 Å². The van der Waals surface area contributed by atoms with Crippen LogP contribution in [0.3, 0.4) is 0 Å². The van der Waals surface area contributed by atoms with Gasteiger partial charge in [0.1, 0.15) is 11.6 Å². The normalized spacial score (nSPS) is 14.4. The fourth-order valence-corrected chi connectivity index (χ4v) is 2.51. The van der Waals surface area contributed by atoms with E-state index in [-0.39, 0.29) is 11.7 Å². The first-order valence-electron chi connectivity index (χ1n) is 7.63. The summed E-state index contributed by atoms with van der Waals surface area (Å²) >= 11 is 0. The molecule has 1 fully saturated rings. The Morgan fingerprint density at radius 1 is 1.08 bits per heavy atom. The maximum absolute atomic E-state index is 12.9. The highest BCUT2D eigenvalue weighted by Crippen LogP contribution is 2.16. The molecule has 1 aromatic carbocycles. The van der Waals surface area contributed by atoms with E-state index in [0.717, 1.165) is 25.3 Å². The highest BCUT2D eigenvalue weighted by molar-refractivity contribution is 6.04. The Hall–Kier alpha value is -2.96. The number of nitrogens with one attached hydrogen (secondary N) is 1. The second kappa shape index (κ2) is 7.08. The van der Waals surface area contributed by atoms with Gasteiger partial charge < -0.3 is 15.1 Å². The molecule has 2 amide bonds. The maximum Gasteiger partial charge on any atom is 0.255 e. The van der Waals surface area contributed by atoms with Crippen LogP contribution in [0.15, 0.2) is 42.6 Å².